The number of anilines is 1. The molecule has 3 aromatic rings. The van der Waals surface area contributed by atoms with Crippen LogP contribution in [-0.2, 0) is 14.8 Å². The normalized spacial score (nSPS) is 20.0. The average molecular weight is 599 g/mol. The van der Waals surface area contributed by atoms with E-state index in [4.69, 9.17) is 10.1 Å². The number of piperidine rings is 1. The molecular weight excluding hydrogens is 556 g/mol. The van der Waals surface area contributed by atoms with Gasteiger partial charge < -0.3 is 21.1 Å². The van der Waals surface area contributed by atoms with Crippen LogP contribution >= 0.6 is 0 Å². The van der Waals surface area contributed by atoms with Crippen LogP contribution in [-0.4, -0.2) is 77.5 Å². The Kier molecular flexibility index (Phi) is 10.0. The van der Waals surface area contributed by atoms with Crippen molar-refractivity contribution < 1.29 is 18.3 Å². The number of hydrogen-bond acceptors (Lipinski definition) is 9. The summed E-state index contributed by atoms with van der Waals surface area (Å²) in [4.78, 5) is 21.7. The monoisotopic (exact) mass is 598 g/mol. The van der Waals surface area contributed by atoms with Crippen molar-refractivity contribution in [1.29, 1.82) is 0 Å². The summed E-state index contributed by atoms with van der Waals surface area (Å²) in [5.41, 5.74) is 2.16. The first-order valence-electron chi connectivity index (χ1n) is 15.1. The van der Waals surface area contributed by atoms with Crippen molar-refractivity contribution in [3.8, 4) is 11.3 Å². The average Bonchev–Trinajstić information content (AvgIpc) is 3.37. The summed E-state index contributed by atoms with van der Waals surface area (Å²) in [5, 5.41) is 25.3. The van der Waals surface area contributed by atoms with Gasteiger partial charge >= 0.3 is 0 Å². The number of carbonyl (C=O) groups excluding carboxylic acids is 1. The molecule has 12 nitrogen and oxygen atoms in total. The van der Waals surface area contributed by atoms with Crippen LogP contribution in [0.15, 0.2) is 35.4 Å². The highest BCUT2D eigenvalue weighted by Gasteiger charge is 2.26. The number of benzene rings is 1. The van der Waals surface area contributed by atoms with E-state index in [0.29, 0.717) is 24.5 Å². The van der Waals surface area contributed by atoms with Gasteiger partial charge in [0.2, 0.25) is 21.9 Å². The van der Waals surface area contributed by atoms with E-state index in [1.807, 2.05) is 4.68 Å². The van der Waals surface area contributed by atoms with Crippen molar-refractivity contribution in [1.82, 2.24) is 35.1 Å². The Bertz CT molecular complexity index is 1450. The summed E-state index contributed by atoms with van der Waals surface area (Å²) < 4.78 is 30.3. The number of hydrogen-bond donors (Lipinski definition) is 5. The van der Waals surface area contributed by atoms with E-state index >= 15 is 0 Å². The van der Waals surface area contributed by atoms with Gasteiger partial charge in [-0.1, -0.05) is 25.5 Å². The third kappa shape index (κ3) is 7.44. The van der Waals surface area contributed by atoms with Crippen LogP contribution in [0.4, 0.5) is 5.95 Å². The fourth-order valence-electron chi connectivity index (χ4n) is 5.60. The molecule has 1 amide bonds. The summed E-state index contributed by atoms with van der Waals surface area (Å²) in [6, 6.07) is 6.83. The highest BCUT2D eigenvalue weighted by Crippen LogP contribution is 2.34. The predicted molar refractivity (Wildman–Crippen MR) is 162 cm³/mol. The molecule has 3 heterocycles. The summed E-state index contributed by atoms with van der Waals surface area (Å²) in [6.07, 6.45) is 8.45. The molecule has 5 rings (SSSR count). The number of aliphatic hydroxyl groups excluding tert-OH is 1. The number of sulfonamides is 1. The standard InChI is InChI=1S/C29H42N8O4S/c1-2-3-15-31-29-32-19-25-27(36-37(28(25)35-29)22-6-8-23(38)9-7-22)20-4-10-24(11-5-20)42(40,41)33-18-14-26(39)34-21-12-16-30-17-13-21/h4-5,10-11,19,21-23,30,33,38H,2-3,6-9,12-18H2,1H3,(H,34,39)(H,31,32,35). The Hall–Kier alpha value is -3.13. The van der Waals surface area contributed by atoms with E-state index in [0.717, 1.165) is 74.8 Å². The van der Waals surface area contributed by atoms with Crippen LogP contribution in [0.3, 0.4) is 0 Å². The van der Waals surface area contributed by atoms with Crippen molar-refractivity contribution in [2.75, 3.05) is 31.5 Å². The second-order valence-electron chi connectivity index (χ2n) is 11.2. The molecule has 0 unspecified atom stereocenters. The summed E-state index contributed by atoms with van der Waals surface area (Å²) in [6.45, 7) is 4.69. The highest BCUT2D eigenvalue weighted by atomic mass is 32.2. The van der Waals surface area contributed by atoms with Crippen molar-refractivity contribution in [2.45, 2.75) is 87.8 Å². The fourth-order valence-corrected chi connectivity index (χ4v) is 6.63. The molecule has 0 radical (unpaired) electrons. The number of unbranched alkanes of at least 4 members (excludes halogenated alkanes) is 1. The molecule has 13 heteroatoms. The second kappa shape index (κ2) is 13.9. The van der Waals surface area contributed by atoms with Gasteiger partial charge in [-0.2, -0.15) is 10.1 Å². The lowest BCUT2D eigenvalue weighted by Gasteiger charge is -2.25. The maximum Gasteiger partial charge on any atom is 0.240 e. The predicted octanol–water partition coefficient (Wildman–Crippen LogP) is 2.72. The fraction of sp³-hybridized carbons (Fsp3) is 0.586. The number of fused-ring (bicyclic) bond motifs is 1. The van der Waals surface area contributed by atoms with Gasteiger partial charge in [-0.3, -0.25) is 4.79 Å². The van der Waals surface area contributed by atoms with E-state index in [-0.39, 0.29) is 42.0 Å². The number of rotatable bonds is 12. The lowest BCUT2D eigenvalue weighted by atomic mass is 9.93. The maximum atomic E-state index is 12.9. The van der Waals surface area contributed by atoms with Gasteiger partial charge in [-0.15, -0.1) is 0 Å². The van der Waals surface area contributed by atoms with E-state index in [2.05, 4.69) is 32.6 Å². The first kappa shape index (κ1) is 30.3. The lowest BCUT2D eigenvalue weighted by Crippen LogP contribution is -2.43. The molecule has 2 aromatic heterocycles. The maximum absolute atomic E-state index is 12.9. The molecule has 5 N–H and O–H groups in total. The van der Waals surface area contributed by atoms with Gasteiger partial charge in [0.05, 0.1) is 22.4 Å². The summed E-state index contributed by atoms with van der Waals surface area (Å²) >= 11 is 0. The number of nitrogens with zero attached hydrogens (tertiary/aromatic N) is 4. The van der Waals surface area contributed by atoms with Gasteiger partial charge in [0, 0.05) is 37.3 Å². The first-order valence-corrected chi connectivity index (χ1v) is 16.6. The Morgan fingerprint density at radius 2 is 1.81 bits per heavy atom. The summed E-state index contributed by atoms with van der Waals surface area (Å²) in [7, 11) is -3.79. The van der Waals surface area contributed by atoms with Crippen LogP contribution in [0.5, 0.6) is 0 Å². The Morgan fingerprint density at radius 1 is 1.07 bits per heavy atom. The number of nitrogens with one attached hydrogen (secondary N) is 4. The first-order chi connectivity index (χ1) is 20.3. The molecule has 1 aliphatic heterocycles. The van der Waals surface area contributed by atoms with Gasteiger partial charge in [0.25, 0.3) is 0 Å². The van der Waals surface area contributed by atoms with Crippen LogP contribution in [0.1, 0.15) is 70.8 Å². The van der Waals surface area contributed by atoms with Crippen LogP contribution in [0, 0.1) is 0 Å². The number of amides is 1. The SMILES string of the molecule is CCCCNc1ncc2c(-c3ccc(S(=O)(=O)NCCC(=O)NC4CCNCC4)cc3)nn(C3CCC(O)CC3)c2n1. The molecule has 0 spiro atoms. The van der Waals surface area contributed by atoms with E-state index in [1.54, 1.807) is 30.5 Å². The van der Waals surface area contributed by atoms with Gasteiger partial charge in [-0.25, -0.2) is 22.8 Å². The summed E-state index contributed by atoms with van der Waals surface area (Å²) in [5.74, 6) is 0.400. The molecule has 1 saturated carbocycles. The molecule has 0 atom stereocenters. The van der Waals surface area contributed by atoms with Crippen LogP contribution < -0.4 is 20.7 Å². The van der Waals surface area contributed by atoms with E-state index in [9.17, 15) is 18.3 Å². The van der Waals surface area contributed by atoms with Gasteiger partial charge in [0.1, 0.15) is 5.69 Å². The Balaban J connectivity index is 1.30. The molecule has 1 aliphatic carbocycles. The topological polar surface area (TPSA) is 163 Å². The van der Waals surface area contributed by atoms with Crippen molar-refractivity contribution in [3.05, 3.63) is 30.5 Å². The Labute approximate surface area is 247 Å². The minimum Gasteiger partial charge on any atom is -0.393 e. The zero-order chi connectivity index (χ0) is 29.5. The van der Waals surface area contributed by atoms with Crippen LogP contribution in [0.25, 0.3) is 22.3 Å². The number of aliphatic hydroxyl groups is 1. The lowest BCUT2D eigenvalue weighted by molar-refractivity contribution is -0.121. The van der Waals surface area contributed by atoms with Crippen molar-refractivity contribution in [3.63, 3.8) is 0 Å². The smallest absolute Gasteiger partial charge is 0.240 e. The quantitative estimate of drug-likeness (QED) is 0.197. The molecule has 0 bridgehead atoms. The molecule has 228 valence electrons. The third-order valence-corrected chi connectivity index (χ3v) is 9.54. The van der Waals surface area contributed by atoms with Crippen molar-refractivity contribution >= 4 is 32.9 Å². The molecule has 1 saturated heterocycles. The zero-order valence-corrected chi connectivity index (χ0v) is 25.0. The molecule has 2 fully saturated rings. The van der Waals surface area contributed by atoms with E-state index < -0.39 is 10.0 Å². The minimum atomic E-state index is -3.79. The van der Waals surface area contributed by atoms with Crippen LogP contribution in [0.2, 0.25) is 0 Å². The molecular formula is C29H42N8O4S. The Morgan fingerprint density at radius 3 is 2.52 bits per heavy atom. The molecule has 42 heavy (non-hydrogen) atoms. The number of carbonyl (C=O) groups is 1. The molecule has 2 aliphatic rings. The highest BCUT2D eigenvalue weighted by molar-refractivity contribution is 7.89. The van der Waals surface area contributed by atoms with Gasteiger partial charge in [0.15, 0.2) is 5.65 Å². The minimum absolute atomic E-state index is 0.0258. The second-order valence-corrected chi connectivity index (χ2v) is 13.0. The van der Waals surface area contributed by atoms with Crippen molar-refractivity contribution in [2.24, 2.45) is 0 Å². The molecule has 1 aromatic carbocycles. The largest absolute Gasteiger partial charge is 0.393 e. The third-order valence-electron chi connectivity index (χ3n) is 8.06. The zero-order valence-electron chi connectivity index (χ0n) is 24.2. The van der Waals surface area contributed by atoms with Gasteiger partial charge in [-0.05, 0) is 70.2 Å². The number of aromatic nitrogens is 4. The van der Waals surface area contributed by atoms with E-state index in [1.165, 1.54) is 0 Å².